The van der Waals surface area contributed by atoms with Crippen LogP contribution >= 0.6 is 35.0 Å². The Morgan fingerprint density at radius 2 is 2.00 bits per heavy atom. The number of carbonyl (C=O) groups is 1. The van der Waals surface area contributed by atoms with Gasteiger partial charge in [-0.05, 0) is 60.3 Å². The summed E-state index contributed by atoms with van der Waals surface area (Å²) in [7, 11) is 0. The molecule has 0 fully saturated rings. The second-order valence-electron chi connectivity index (χ2n) is 4.01. The molecule has 4 nitrogen and oxygen atoms in total. The van der Waals surface area contributed by atoms with Gasteiger partial charge < -0.3 is 15.4 Å². The maximum absolute atomic E-state index is 11.5. The van der Waals surface area contributed by atoms with Crippen LogP contribution in [-0.4, -0.2) is 31.6 Å². The van der Waals surface area contributed by atoms with Crippen LogP contribution in [-0.2, 0) is 4.79 Å². The van der Waals surface area contributed by atoms with Gasteiger partial charge in [0.2, 0.25) is 0 Å². The number of amides is 1. The molecule has 1 rings (SSSR count). The van der Waals surface area contributed by atoms with E-state index in [4.69, 9.17) is 4.74 Å². The minimum Gasteiger partial charge on any atom is -0.484 e. The Morgan fingerprint density at radius 1 is 1.37 bits per heavy atom. The van der Waals surface area contributed by atoms with Crippen molar-refractivity contribution in [2.45, 2.75) is 19.9 Å². The van der Waals surface area contributed by atoms with Crippen molar-refractivity contribution in [1.29, 1.82) is 0 Å². The molecule has 6 heteroatoms. The lowest BCUT2D eigenvalue weighted by Crippen LogP contribution is -2.40. The van der Waals surface area contributed by atoms with Crippen LogP contribution in [0.1, 0.15) is 13.8 Å². The van der Waals surface area contributed by atoms with E-state index in [0.29, 0.717) is 12.3 Å². The molecule has 0 aliphatic carbocycles. The lowest BCUT2D eigenvalue weighted by atomic mass is 10.3. The Hall–Kier alpha value is -0.530. The maximum Gasteiger partial charge on any atom is 0.257 e. The van der Waals surface area contributed by atoms with Crippen LogP contribution in [0.5, 0.6) is 5.75 Å². The Bertz CT molecular complexity index is 373. The standard InChI is InChI=1S/C13H19IN2O2.ClH/c1-3-15-10(2)8-16-13(17)9-18-12-6-4-11(14)5-7-12;/h4-7,10,15H,3,8-9H2,1-2H3,(H,16,17);1H/t10-;/m1./s1. The minimum absolute atomic E-state index is 0. The van der Waals surface area contributed by atoms with Crippen molar-refractivity contribution in [1.82, 2.24) is 10.6 Å². The number of benzene rings is 1. The zero-order valence-electron chi connectivity index (χ0n) is 11.1. The number of likely N-dealkylation sites (N-methyl/N-ethyl adjacent to an activating group) is 1. The summed E-state index contributed by atoms with van der Waals surface area (Å²) < 4.78 is 6.52. The van der Waals surface area contributed by atoms with Crippen molar-refractivity contribution in [3.63, 3.8) is 0 Å². The van der Waals surface area contributed by atoms with Gasteiger partial charge in [-0.3, -0.25) is 4.79 Å². The van der Waals surface area contributed by atoms with Crippen molar-refractivity contribution < 1.29 is 9.53 Å². The van der Waals surface area contributed by atoms with Crippen molar-refractivity contribution in [2.75, 3.05) is 19.7 Å². The lowest BCUT2D eigenvalue weighted by Gasteiger charge is -2.13. The van der Waals surface area contributed by atoms with E-state index in [9.17, 15) is 4.79 Å². The molecule has 0 heterocycles. The van der Waals surface area contributed by atoms with Gasteiger partial charge in [0.25, 0.3) is 5.91 Å². The number of halogens is 2. The third kappa shape index (κ3) is 8.28. The minimum atomic E-state index is -0.0988. The summed E-state index contributed by atoms with van der Waals surface area (Å²) >= 11 is 2.22. The molecule has 0 radical (unpaired) electrons. The van der Waals surface area contributed by atoms with Crippen LogP contribution in [0.4, 0.5) is 0 Å². The van der Waals surface area contributed by atoms with Crippen molar-refractivity contribution in [3.8, 4) is 5.75 Å². The van der Waals surface area contributed by atoms with Crippen molar-refractivity contribution in [2.24, 2.45) is 0 Å². The first kappa shape index (κ1) is 18.5. The van der Waals surface area contributed by atoms with E-state index in [0.717, 1.165) is 10.1 Å². The fourth-order valence-corrected chi connectivity index (χ4v) is 1.78. The summed E-state index contributed by atoms with van der Waals surface area (Å²) in [6.45, 7) is 5.64. The van der Waals surface area contributed by atoms with Gasteiger partial charge in [0.15, 0.2) is 6.61 Å². The average Bonchev–Trinajstić information content (AvgIpc) is 2.36. The topological polar surface area (TPSA) is 50.4 Å². The Morgan fingerprint density at radius 3 is 2.58 bits per heavy atom. The monoisotopic (exact) mass is 398 g/mol. The van der Waals surface area contributed by atoms with Gasteiger partial charge in [0.1, 0.15) is 5.75 Å². The number of hydrogen-bond acceptors (Lipinski definition) is 3. The predicted molar refractivity (Wildman–Crippen MR) is 88.1 cm³/mol. The Balaban J connectivity index is 0.00000324. The molecule has 1 amide bonds. The molecule has 0 aliphatic rings. The predicted octanol–water partition coefficient (Wildman–Crippen LogP) is 2.21. The molecule has 1 aromatic carbocycles. The number of rotatable bonds is 7. The van der Waals surface area contributed by atoms with E-state index in [-0.39, 0.29) is 31.0 Å². The second kappa shape index (κ2) is 10.3. The normalized spacial score (nSPS) is 11.3. The van der Waals surface area contributed by atoms with E-state index in [2.05, 4.69) is 33.2 Å². The number of carbonyl (C=O) groups excluding carboxylic acids is 1. The Labute approximate surface area is 134 Å². The molecular weight excluding hydrogens is 379 g/mol. The van der Waals surface area contributed by atoms with Crippen molar-refractivity contribution >= 4 is 40.9 Å². The van der Waals surface area contributed by atoms with Crippen LogP contribution in [0.25, 0.3) is 0 Å². The van der Waals surface area contributed by atoms with Crippen molar-refractivity contribution in [3.05, 3.63) is 27.8 Å². The first-order valence-electron chi connectivity index (χ1n) is 6.00. The van der Waals surface area contributed by atoms with E-state index in [1.807, 2.05) is 38.1 Å². The molecule has 1 aromatic rings. The third-order valence-corrected chi connectivity index (χ3v) is 3.06. The summed E-state index contributed by atoms with van der Waals surface area (Å²) in [6, 6.07) is 7.88. The van der Waals surface area contributed by atoms with Crippen LogP contribution in [0.2, 0.25) is 0 Å². The summed E-state index contributed by atoms with van der Waals surface area (Å²) in [6.07, 6.45) is 0. The first-order chi connectivity index (χ1) is 8.61. The summed E-state index contributed by atoms with van der Waals surface area (Å²) in [5.74, 6) is 0.614. The molecule has 0 bridgehead atoms. The summed E-state index contributed by atoms with van der Waals surface area (Å²) in [5, 5.41) is 6.05. The van der Waals surface area contributed by atoms with Gasteiger partial charge >= 0.3 is 0 Å². The van der Waals surface area contributed by atoms with E-state index in [1.54, 1.807) is 0 Å². The van der Waals surface area contributed by atoms with Crippen LogP contribution < -0.4 is 15.4 Å². The highest BCUT2D eigenvalue weighted by molar-refractivity contribution is 14.1. The highest BCUT2D eigenvalue weighted by Gasteiger charge is 2.05. The fraction of sp³-hybridized carbons (Fsp3) is 0.462. The molecule has 0 saturated heterocycles. The maximum atomic E-state index is 11.5. The van der Waals surface area contributed by atoms with Gasteiger partial charge in [-0.25, -0.2) is 0 Å². The SMILES string of the molecule is CCN[C@H](C)CNC(=O)COc1ccc(I)cc1.Cl. The Kier molecular flexibility index (Phi) is 9.99. The molecule has 0 spiro atoms. The largest absolute Gasteiger partial charge is 0.484 e. The van der Waals surface area contributed by atoms with Gasteiger partial charge in [-0.15, -0.1) is 12.4 Å². The highest BCUT2D eigenvalue weighted by Crippen LogP contribution is 2.13. The quantitative estimate of drug-likeness (QED) is 0.693. The molecule has 0 aliphatic heterocycles. The molecule has 108 valence electrons. The van der Waals surface area contributed by atoms with Gasteiger partial charge in [-0.2, -0.15) is 0 Å². The zero-order valence-corrected chi connectivity index (χ0v) is 14.1. The van der Waals surface area contributed by atoms with Gasteiger partial charge in [0.05, 0.1) is 0 Å². The number of nitrogens with one attached hydrogen (secondary N) is 2. The van der Waals surface area contributed by atoms with Crippen LogP contribution in [0.15, 0.2) is 24.3 Å². The molecule has 19 heavy (non-hydrogen) atoms. The lowest BCUT2D eigenvalue weighted by molar-refractivity contribution is -0.123. The zero-order chi connectivity index (χ0) is 13.4. The van der Waals surface area contributed by atoms with Gasteiger partial charge in [-0.1, -0.05) is 6.92 Å². The summed E-state index contributed by atoms with van der Waals surface area (Å²) in [4.78, 5) is 11.5. The van der Waals surface area contributed by atoms with E-state index in [1.165, 1.54) is 0 Å². The molecule has 2 N–H and O–H groups in total. The molecule has 1 atom stereocenters. The molecule has 0 aromatic heterocycles. The van der Waals surface area contributed by atoms with E-state index < -0.39 is 0 Å². The second-order valence-corrected chi connectivity index (χ2v) is 5.25. The fourth-order valence-electron chi connectivity index (χ4n) is 1.42. The smallest absolute Gasteiger partial charge is 0.257 e. The summed E-state index contributed by atoms with van der Waals surface area (Å²) in [5.41, 5.74) is 0. The first-order valence-corrected chi connectivity index (χ1v) is 7.08. The molecule has 0 unspecified atom stereocenters. The molecular formula is C13H20ClIN2O2. The third-order valence-electron chi connectivity index (χ3n) is 2.34. The number of ether oxygens (including phenoxy) is 1. The average molecular weight is 399 g/mol. The number of hydrogen-bond donors (Lipinski definition) is 2. The van der Waals surface area contributed by atoms with Crippen LogP contribution in [0.3, 0.4) is 0 Å². The van der Waals surface area contributed by atoms with E-state index >= 15 is 0 Å². The van der Waals surface area contributed by atoms with Gasteiger partial charge in [0, 0.05) is 16.2 Å². The highest BCUT2D eigenvalue weighted by atomic mass is 127. The molecule has 0 saturated carbocycles. The van der Waals surface area contributed by atoms with Crippen LogP contribution in [0, 0.1) is 3.57 Å².